The Labute approximate surface area is 175 Å². The van der Waals surface area contributed by atoms with E-state index < -0.39 is 22.7 Å². The number of ketones is 4. The van der Waals surface area contributed by atoms with E-state index in [1.54, 1.807) is 48.5 Å². The van der Waals surface area contributed by atoms with Gasteiger partial charge in [0.05, 0.1) is 5.92 Å². The molecule has 4 heteroatoms. The molecule has 30 heavy (non-hydrogen) atoms. The van der Waals surface area contributed by atoms with Crippen LogP contribution in [-0.2, 0) is 0 Å². The zero-order valence-electron chi connectivity index (χ0n) is 17.6. The zero-order chi connectivity index (χ0) is 21.6. The Balaban J connectivity index is 1.73. The maximum absolute atomic E-state index is 13.8. The normalized spacial score (nSPS) is 26.3. The van der Waals surface area contributed by atoms with Crippen LogP contribution in [0.4, 0.5) is 0 Å². The fourth-order valence-corrected chi connectivity index (χ4v) is 7.20. The van der Waals surface area contributed by atoms with Crippen molar-refractivity contribution in [3.63, 3.8) is 0 Å². The highest BCUT2D eigenvalue weighted by molar-refractivity contribution is 6.33. The second-order valence-corrected chi connectivity index (χ2v) is 9.85. The number of Topliss-reactive ketones (excluding diaryl/α,β-unsaturated/α-hetero) is 4. The van der Waals surface area contributed by atoms with Crippen LogP contribution in [0.5, 0.6) is 0 Å². The molecule has 2 atom stereocenters. The number of carbonyl (C=O) groups is 4. The first-order valence-electron chi connectivity index (χ1n) is 10.5. The van der Waals surface area contributed by atoms with Gasteiger partial charge in [0.2, 0.25) is 0 Å². The Morgan fingerprint density at radius 2 is 1.10 bits per heavy atom. The van der Waals surface area contributed by atoms with Crippen LogP contribution < -0.4 is 0 Å². The van der Waals surface area contributed by atoms with Crippen molar-refractivity contribution < 1.29 is 19.2 Å². The highest BCUT2D eigenvalue weighted by Crippen LogP contribution is 2.72. The van der Waals surface area contributed by atoms with E-state index in [9.17, 15) is 19.2 Å². The Morgan fingerprint density at radius 1 is 0.700 bits per heavy atom. The Kier molecular flexibility index (Phi) is 3.72. The molecule has 0 heterocycles. The lowest BCUT2D eigenvalue weighted by Gasteiger charge is -2.66. The van der Waals surface area contributed by atoms with Gasteiger partial charge in [-0.3, -0.25) is 19.2 Å². The first-order chi connectivity index (χ1) is 14.2. The third kappa shape index (κ3) is 1.93. The van der Waals surface area contributed by atoms with Crippen LogP contribution in [0.3, 0.4) is 0 Å². The van der Waals surface area contributed by atoms with E-state index in [-0.39, 0.29) is 35.0 Å². The minimum atomic E-state index is -1.35. The molecule has 0 aromatic heterocycles. The molecule has 152 valence electrons. The summed E-state index contributed by atoms with van der Waals surface area (Å²) < 4.78 is 0. The van der Waals surface area contributed by atoms with Crippen LogP contribution >= 0.6 is 0 Å². The number of hydrogen-bond donors (Lipinski definition) is 0. The Hall–Kier alpha value is -2.88. The van der Waals surface area contributed by atoms with E-state index in [2.05, 4.69) is 0 Å². The average Bonchev–Trinajstić information content (AvgIpc) is 3.08. The molecule has 2 aromatic carbocycles. The topological polar surface area (TPSA) is 68.3 Å². The third-order valence-electron chi connectivity index (χ3n) is 7.77. The highest BCUT2D eigenvalue weighted by Gasteiger charge is 2.79. The second kappa shape index (κ2) is 5.84. The molecule has 3 aliphatic rings. The number of hydrogen-bond acceptors (Lipinski definition) is 4. The van der Waals surface area contributed by atoms with E-state index in [0.29, 0.717) is 22.3 Å². The van der Waals surface area contributed by atoms with Gasteiger partial charge < -0.3 is 0 Å². The monoisotopic (exact) mass is 400 g/mol. The van der Waals surface area contributed by atoms with Gasteiger partial charge in [-0.2, -0.15) is 0 Å². The molecular weight excluding hydrogens is 376 g/mol. The van der Waals surface area contributed by atoms with E-state index >= 15 is 0 Å². The molecule has 1 saturated carbocycles. The summed E-state index contributed by atoms with van der Waals surface area (Å²) in [4.78, 5) is 54.4. The van der Waals surface area contributed by atoms with Crippen LogP contribution in [0, 0.1) is 34.5 Å². The van der Waals surface area contributed by atoms with Crippen molar-refractivity contribution in [1.82, 2.24) is 0 Å². The molecule has 0 saturated heterocycles. The number of benzene rings is 2. The first kappa shape index (κ1) is 19.1. The maximum Gasteiger partial charge on any atom is 0.178 e. The van der Waals surface area contributed by atoms with Gasteiger partial charge in [-0.15, -0.1) is 0 Å². The van der Waals surface area contributed by atoms with Crippen LogP contribution in [0.2, 0.25) is 0 Å². The largest absolute Gasteiger partial charge is 0.293 e. The van der Waals surface area contributed by atoms with Crippen LogP contribution in [-0.4, -0.2) is 23.1 Å². The molecule has 2 aromatic rings. The molecule has 5 rings (SSSR count). The first-order valence-corrected chi connectivity index (χ1v) is 10.5. The summed E-state index contributed by atoms with van der Waals surface area (Å²) in [5, 5.41) is 0. The summed E-state index contributed by atoms with van der Waals surface area (Å²) in [6.45, 7) is 8.03. The molecule has 2 unspecified atom stereocenters. The second-order valence-electron chi connectivity index (χ2n) is 9.85. The zero-order valence-corrected chi connectivity index (χ0v) is 17.6. The van der Waals surface area contributed by atoms with Crippen LogP contribution in [0.15, 0.2) is 48.5 Å². The van der Waals surface area contributed by atoms with Crippen molar-refractivity contribution >= 4 is 23.1 Å². The average molecular weight is 400 g/mol. The lowest BCUT2D eigenvalue weighted by Crippen LogP contribution is -2.71. The number of fused-ring (bicyclic) bond motifs is 2. The fourth-order valence-electron chi connectivity index (χ4n) is 7.20. The van der Waals surface area contributed by atoms with Gasteiger partial charge >= 0.3 is 0 Å². The van der Waals surface area contributed by atoms with Crippen molar-refractivity contribution in [2.45, 2.75) is 27.7 Å². The molecule has 3 aliphatic carbocycles. The van der Waals surface area contributed by atoms with Gasteiger partial charge in [0, 0.05) is 28.2 Å². The summed E-state index contributed by atoms with van der Waals surface area (Å²) in [6.07, 6.45) is 0. The van der Waals surface area contributed by atoms with E-state index in [4.69, 9.17) is 0 Å². The van der Waals surface area contributed by atoms with Crippen LogP contribution in [0.25, 0.3) is 0 Å². The predicted molar refractivity (Wildman–Crippen MR) is 112 cm³/mol. The van der Waals surface area contributed by atoms with E-state index in [1.807, 2.05) is 27.7 Å². The molecule has 0 amide bonds. The molecule has 1 spiro atoms. The van der Waals surface area contributed by atoms with Crippen molar-refractivity contribution in [2.24, 2.45) is 34.5 Å². The Bertz CT molecular complexity index is 1080. The van der Waals surface area contributed by atoms with E-state index in [0.717, 1.165) is 0 Å². The highest BCUT2D eigenvalue weighted by atomic mass is 16.2. The quantitative estimate of drug-likeness (QED) is 0.687. The number of carbonyl (C=O) groups excluding carboxylic acids is 4. The third-order valence-corrected chi connectivity index (χ3v) is 7.77. The van der Waals surface area contributed by atoms with Crippen molar-refractivity contribution in [2.75, 3.05) is 0 Å². The molecule has 0 aliphatic heterocycles. The minimum absolute atomic E-state index is 0.0486. The van der Waals surface area contributed by atoms with Gasteiger partial charge in [-0.25, -0.2) is 0 Å². The van der Waals surface area contributed by atoms with E-state index in [1.165, 1.54) is 0 Å². The smallest absolute Gasteiger partial charge is 0.178 e. The fraction of sp³-hybridized carbons (Fsp3) is 0.385. The minimum Gasteiger partial charge on any atom is -0.293 e. The van der Waals surface area contributed by atoms with Crippen molar-refractivity contribution in [3.8, 4) is 0 Å². The Morgan fingerprint density at radius 3 is 1.50 bits per heavy atom. The van der Waals surface area contributed by atoms with Gasteiger partial charge in [0.15, 0.2) is 23.1 Å². The predicted octanol–water partition coefficient (Wildman–Crippen LogP) is 4.68. The van der Waals surface area contributed by atoms with Crippen LogP contribution in [0.1, 0.15) is 69.1 Å². The van der Waals surface area contributed by atoms with Gasteiger partial charge in [0.25, 0.3) is 0 Å². The van der Waals surface area contributed by atoms with Crippen molar-refractivity contribution in [1.29, 1.82) is 0 Å². The molecule has 1 fully saturated rings. The van der Waals surface area contributed by atoms with Gasteiger partial charge in [0.1, 0.15) is 5.41 Å². The lowest BCUT2D eigenvalue weighted by molar-refractivity contribution is -0.155. The van der Waals surface area contributed by atoms with Gasteiger partial charge in [-0.1, -0.05) is 76.2 Å². The SMILES string of the molecule is CC(C)C1C(C)(C)C(C2C(=O)c3ccccc3C2=O)C12C(=O)c1ccccc1C2=O. The van der Waals surface area contributed by atoms with Gasteiger partial charge in [-0.05, 0) is 17.3 Å². The summed E-state index contributed by atoms with van der Waals surface area (Å²) in [6, 6.07) is 13.7. The van der Waals surface area contributed by atoms with Crippen molar-refractivity contribution in [3.05, 3.63) is 70.8 Å². The summed E-state index contributed by atoms with van der Waals surface area (Å²) in [5.41, 5.74) is -0.212. The molecule has 0 bridgehead atoms. The molecule has 4 nitrogen and oxygen atoms in total. The maximum atomic E-state index is 13.8. The molecule has 0 radical (unpaired) electrons. The lowest BCUT2D eigenvalue weighted by atomic mass is 9.33. The standard InChI is InChI=1S/C26H24O4/c1-13(2)21-25(3,4)22(18-19(27)14-9-5-6-10-15(14)20(18)28)26(21)23(29)16-11-7-8-12-17(16)24(26)30/h5-13,18,21-22H,1-4H3. The summed E-state index contributed by atoms with van der Waals surface area (Å²) >= 11 is 0. The molecule has 0 N–H and O–H groups in total. The summed E-state index contributed by atoms with van der Waals surface area (Å²) in [5.74, 6) is -2.80. The molecular formula is C26H24O4. The number of rotatable bonds is 2. The summed E-state index contributed by atoms with van der Waals surface area (Å²) in [7, 11) is 0.